The molecule has 0 radical (unpaired) electrons. The topological polar surface area (TPSA) is 63.6 Å². The van der Waals surface area contributed by atoms with E-state index in [0.717, 1.165) is 12.8 Å². The van der Waals surface area contributed by atoms with E-state index in [2.05, 4.69) is 0 Å². The molecule has 6 heteroatoms. The normalized spacial score (nSPS) is 10.7. The second-order valence-electron chi connectivity index (χ2n) is 4.30. The zero-order chi connectivity index (χ0) is 15.3. The molecular formula is C14H16Cl2O4. The fraction of sp³-hybridized carbons (Fsp3) is 0.429. The third kappa shape index (κ3) is 3.87. The lowest BCUT2D eigenvalue weighted by atomic mass is 9.93. The number of carboxylic acid groups (broad SMARTS) is 1. The second kappa shape index (κ2) is 7.50. The van der Waals surface area contributed by atoms with Crippen molar-refractivity contribution in [2.45, 2.75) is 26.7 Å². The first-order valence-electron chi connectivity index (χ1n) is 6.29. The molecule has 0 aromatic heterocycles. The SMILES string of the molecule is CCC(CC)C(=O)c1ccc(OCC(=O)O)c(Cl)c1Cl. The highest BCUT2D eigenvalue weighted by Crippen LogP contribution is 2.36. The number of hydrogen-bond acceptors (Lipinski definition) is 3. The molecule has 0 aliphatic carbocycles. The van der Waals surface area contributed by atoms with E-state index >= 15 is 0 Å². The number of benzene rings is 1. The highest BCUT2D eigenvalue weighted by molar-refractivity contribution is 6.44. The number of aliphatic carboxylic acids is 1. The molecule has 0 fully saturated rings. The average molecular weight is 319 g/mol. The summed E-state index contributed by atoms with van der Waals surface area (Å²) in [7, 11) is 0. The minimum Gasteiger partial charge on any atom is -0.480 e. The summed E-state index contributed by atoms with van der Waals surface area (Å²) in [5.41, 5.74) is 0.341. The Morgan fingerprint density at radius 3 is 2.30 bits per heavy atom. The van der Waals surface area contributed by atoms with Gasteiger partial charge in [0.25, 0.3) is 0 Å². The molecule has 1 N–H and O–H groups in total. The van der Waals surface area contributed by atoms with Gasteiger partial charge in [0.1, 0.15) is 10.8 Å². The standard InChI is InChI=1S/C14H16Cl2O4/c1-3-8(4-2)14(19)9-5-6-10(13(16)12(9)15)20-7-11(17)18/h5-6,8H,3-4,7H2,1-2H3,(H,17,18). The van der Waals surface area contributed by atoms with Crippen molar-refractivity contribution in [3.05, 3.63) is 27.7 Å². The van der Waals surface area contributed by atoms with Gasteiger partial charge in [-0.05, 0) is 25.0 Å². The molecule has 1 aromatic rings. The van der Waals surface area contributed by atoms with E-state index < -0.39 is 12.6 Å². The Labute approximate surface area is 127 Å². The van der Waals surface area contributed by atoms with E-state index in [9.17, 15) is 9.59 Å². The van der Waals surface area contributed by atoms with Gasteiger partial charge in [0.2, 0.25) is 0 Å². The van der Waals surface area contributed by atoms with Gasteiger partial charge in [0, 0.05) is 11.5 Å². The van der Waals surface area contributed by atoms with Crippen molar-refractivity contribution in [1.29, 1.82) is 0 Å². The lowest BCUT2D eigenvalue weighted by molar-refractivity contribution is -0.139. The molecule has 0 saturated carbocycles. The minimum absolute atomic E-state index is 0.0599. The predicted molar refractivity (Wildman–Crippen MR) is 78.0 cm³/mol. The number of ketones is 1. The van der Waals surface area contributed by atoms with Crippen LogP contribution in [0.1, 0.15) is 37.0 Å². The number of Topliss-reactive ketones (excluding diaryl/α,β-unsaturated/α-hetero) is 1. The second-order valence-corrected chi connectivity index (χ2v) is 5.06. The molecular weight excluding hydrogens is 303 g/mol. The van der Waals surface area contributed by atoms with Crippen LogP contribution < -0.4 is 4.74 Å². The molecule has 0 aliphatic rings. The Morgan fingerprint density at radius 2 is 1.80 bits per heavy atom. The molecule has 0 atom stereocenters. The minimum atomic E-state index is -1.12. The van der Waals surface area contributed by atoms with Gasteiger partial charge in [-0.25, -0.2) is 4.79 Å². The highest BCUT2D eigenvalue weighted by Gasteiger charge is 2.22. The van der Waals surface area contributed by atoms with E-state index in [0.29, 0.717) is 5.56 Å². The van der Waals surface area contributed by atoms with Crippen LogP contribution in [-0.2, 0) is 4.79 Å². The smallest absolute Gasteiger partial charge is 0.341 e. The van der Waals surface area contributed by atoms with E-state index in [1.807, 2.05) is 13.8 Å². The Morgan fingerprint density at radius 1 is 1.20 bits per heavy atom. The number of carbonyl (C=O) groups excluding carboxylic acids is 1. The molecule has 4 nitrogen and oxygen atoms in total. The van der Waals surface area contributed by atoms with Gasteiger partial charge in [0.15, 0.2) is 12.4 Å². The molecule has 0 amide bonds. The fourth-order valence-corrected chi connectivity index (χ4v) is 2.32. The average Bonchev–Trinajstić information content (AvgIpc) is 2.41. The van der Waals surface area contributed by atoms with Crippen LogP contribution in [0.4, 0.5) is 0 Å². The molecule has 20 heavy (non-hydrogen) atoms. The largest absolute Gasteiger partial charge is 0.480 e. The first kappa shape index (κ1) is 16.8. The van der Waals surface area contributed by atoms with Crippen LogP contribution in [0, 0.1) is 5.92 Å². The Balaban J connectivity index is 3.05. The number of hydrogen-bond donors (Lipinski definition) is 1. The van der Waals surface area contributed by atoms with Gasteiger partial charge >= 0.3 is 5.97 Å². The van der Waals surface area contributed by atoms with Crippen LogP contribution >= 0.6 is 23.2 Å². The van der Waals surface area contributed by atoms with Gasteiger partial charge in [-0.3, -0.25) is 4.79 Å². The monoisotopic (exact) mass is 318 g/mol. The molecule has 0 unspecified atom stereocenters. The summed E-state index contributed by atoms with van der Waals surface area (Å²) in [5, 5.41) is 8.72. The summed E-state index contributed by atoms with van der Waals surface area (Å²) in [6, 6.07) is 2.98. The van der Waals surface area contributed by atoms with Crippen molar-refractivity contribution in [3.8, 4) is 5.75 Å². The van der Waals surface area contributed by atoms with E-state index in [4.69, 9.17) is 33.0 Å². The van der Waals surface area contributed by atoms with Crippen molar-refractivity contribution >= 4 is 35.0 Å². The molecule has 0 spiro atoms. The zero-order valence-corrected chi connectivity index (χ0v) is 12.8. The molecule has 110 valence electrons. The van der Waals surface area contributed by atoms with Crippen LogP contribution in [-0.4, -0.2) is 23.5 Å². The van der Waals surface area contributed by atoms with Gasteiger partial charge in [0.05, 0.1) is 5.02 Å². The first-order valence-corrected chi connectivity index (χ1v) is 7.04. The van der Waals surface area contributed by atoms with Gasteiger partial charge < -0.3 is 9.84 Å². The fourth-order valence-electron chi connectivity index (χ4n) is 1.85. The summed E-state index contributed by atoms with van der Waals surface area (Å²) < 4.78 is 5.00. The summed E-state index contributed by atoms with van der Waals surface area (Å²) in [4.78, 5) is 22.7. The van der Waals surface area contributed by atoms with E-state index in [1.165, 1.54) is 12.1 Å². The Bertz CT molecular complexity index is 510. The zero-order valence-electron chi connectivity index (χ0n) is 11.3. The number of carboxylic acids is 1. The van der Waals surface area contributed by atoms with Crippen molar-refractivity contribution in [1.82, 2.24) is 0 Å². The first-order chi connectivity index (χ1) is 9.42. The lowest BCUT2D eigenvalue weighted by Crippen LogP contribution is -2.14. The van der Waals surface area contributed by atoms with Crippen LogP contribution in [0.2, 0.25) is 10.0 Å². The molecule has 0 saturated heterocycles. The van der Waals surface area contributed by atoms with Crippen LogP contribution in [0.25, 0.3) is 0 Å². The maximum Gasteiger partial charge on any atom is 0.341 e. The molecule has 0 bridgehead atoms. The number of ether oxygens (including phenoxy) is 1. The van der Waals surface area contributed by atoms with Crippen LogP contribution in [0.5, 0.6) is 5.75 Å². The van der Waals surface area contributed by atoms with Gasteiger partial charge in [-0.15, -0.1) is 0 Å². The number of carbonyl (C=O) groups is 2. The van der Waals surface area contributed by atoms with E-state index in [1.54, 1.807) is 0 Å². The van der Waals surface area contributed by atoms with Crippen LogP contribution in [0.15, 0.2) is 12.1 Å². The quantitative estimate of drug-likeness (QED) is 0.769. The van der Waals surface area contributed by atoms with Crippen molar-refractivity contribution < 1.29 is 19.4 Å². The summed E-state index contributed by atoms with van der Waals surface area (Å²) in [6.45, 7) is 3.35. The number of rotatable bonds is 7. The van der Waals surface area contributed by atoms with Crippen molar-refractivity contribution in [2.24, 2.45) is 5.92 Å². The summed E-state index contributed by atoms with van der Waals surface area (Å²) in [5.74, 6) is -1.13. The van der Waals surface area contributed by atoms with E-state index in [-0.39, 0.29) is 27.5 Å². The Hall–Kier alpha value is -1.26. The third-order valence-electron chi connectivity index (χ3n) is 3.02. The summed E-state index contributed by atoms with van der Waals surface area (Å²) in [6.07, 6.45) is 1.45. The molecule has 1 aromatic carbocycles. The van der Waals surface area contributed by atoms with Gasteiger partial charge in [-0.1, -0.05) is 37.0 Å². The third-order valence-corrected chi connectivity index (χ3v) is 3.88. The molecule has 1 rings (SSSR count). The van der Waals surface area contributed by atoms with Crippen LogP contribution in [0.3, 0.4) is 0 Å². The Kier molecular flexibility index (Phi) is 6.30. The molecule has 0 heterocycles. The maximum absolute atomic E-state index is 12.3. The molecule has 0 aliphatic heterocycles. The maximum atomic E-state index is 12.3. The van der Waals surface area contributed by atoms with Crippen molar-refractivity contribution in [3.63, 3.8) is 0 Å². The summed E-state index contributed by atoms with van der Waals surface area (Å²) >= 11 is 12.1. The van der Waals surface area contributed by atoms with Crippen molar-refractivity contribution in [2.75, 3.05) is 6.61 Å². The highest BCUT2D eigenvalue weighted by atomic mass is 35.5. The predicted octanol–water partition coefficient (Wildman–Crippen LogP) is 4.08. The lowest BCUT2D eigenvalue weighted by Gasteiger charge is -2.14. The number of halogens is 2. The van der Waals surface area contributed by atoms with Gasteiger partial charge in [-0.2, -0.15) is 0 Å².